The summed E-state index contributed by atoms with van der Waals surface area (Å²) in [6.45, 7) is 1.01. The van der Waals surface area contributed by atoms with Gasteiger partial charge in [-0.3, -0.25) is 4.79 Å². The molecular weight excluding hydrogens is 240 g/mol. The molecule has 110 valence electrons. The number of aliphatic carboxylic acids is 1. The highest BCUT2D eigenvalue weighted by Gasteiger charge is 2.36. The lowest BCUT2D eigenvalue weighted by Crippen LogP contribution is -2.52. The molecule has 0 heterocycles. The Labute approximate surface area is 116 Å². The van der Waals surface area contributed by atoms with Crippen LogP contribution in [0.15, 0.2) is 0 Å². The Kier molecular flexibility index (Phi) is 4.85. The predicted octanol–water partition coefficient (Wildman–Crippen LogP) is 2.09. The van der Waals surface area contributed by atoms with Crippen molar-refractivity contribution in [3.8, 4) is 0 Å². The predicted molar refractivity (Wildman–Crippen MR) is 76.3 cm³/mol. The van der Waals surface area contributed by atoms with E-state index in [4.69, 9.17) is 5.11 Å². The maximum absolute atomic E-state index is 11.1. The summed E-state index contributed by atoms with van der Waals surface area (Å²) in [5, 5.41) is 12.8. The highest BCUT2D eigenvalue weighted by atomic mass is 16.4. The van der Waals surface area contributed by atoms with Gasteiger partial charge in [-0.25, -0.2) is 0 Å². The quantitative estimate of drug-likeness (QED) is 0.801. The minimum absolute atomic E-state index is 0.134. The molecule has 4 heteroatoms. The standard InChI is InChI=1S/C15H28N2O2/c1-17(2)15(8-3-4-9-15)11-16-13-7-5-6-12(10-13)14(18)19/h12-13,16H,3-11H2,1-2H3,(H,18,19). The van der Waals surface area contributed by atoms with Crippen LogP contribution in [0.3, 0.4) is 0 Å². The monoisotopic (exact) mass is 268 g/mol. The number of carbonyl (C=O) groups is 1. The summed E-state index contributed by atoms with van der Waals surface area (Å²) in [5.41, 5.74) is 0.302. The Morgan fingerprint density at radius 1 is 1.26 bits per heavy atom. The van der Waals surface area contributed by atoms with Crippen LogP contribution in [0.5, 0.6) is 0 Å². The van der Waals surface area contributed by atoms with Crippen molar-refractivity contribution in [3.63, 3.8) is 0 Å². The van der Waals surface area contributed by atoms with Gasteiger partial charge in [0.1, 0.15) is 0 Å². The van der Waals surface area contributed by atoms with Gasteiger partial charge >= 0.3 is 5.97 Å². The second kappa shape index (κ2) is 6.23. The number of carboxylic acid groups (broad SMARTS) is 1. The van der Waals surface area contributed by atoms with E-state index in [0.29, 0.717) is 11.6 Å². The van der Waals surface area contributed by atoms with E-state index in [0.717, 1.165) is 32.2 Å². The average Bonchev–Trinajstić information content (AvgIpc) is 2.87. The van der Waals surface area contributed by atoms with Gasteiger partial charge in [-0.15, -0.1) is 0 Å². The van der Waals surface area contributed by atoms with E-state index in [1.54, 1.807) is 0 Å². The summed E-state index contributed by atoms with van der Waals surface area (Å²) in [6, 6.07) is 0.396. The van der Waals surface area contributed by atoms with Crippen molar-refractivity contribution in [2.24, 2.45) is 5.92 Å². The third kappa shape index (κ3) is 3.48. The summed E-state index contributed by atoms with van der Waals surface area (Å²) in [6.07, 6.45) is 9.01. The van der Waals surface area contributed by atoms with E-state index < -0.39 is 5.97 Å². The molecule has 0 aromatic carbocycles. The van der Waals surface area contributed by atoms with Gasteiger partial charge in [0.05, 0.1) is 5.92 Å². The topological polar surface area (TPSA) is 52.6 Å². The molecule has 2 fully saturated rings. The molecule has 2 rings (SSSR count). The minimum Gasteiger partial charge on any atom is -0.481 e. The van der Waals surface area contributed by atoms with E-state index in [1.165, 1.54) is 25.7 Å². The molecule has 2 aliphatic carbocycles. The molecule has 2 saturated carbocycles. The van der Waals surface area contributed by atoms with Crippen molar-refractivity contribution in [1.82, 2.24) is 10.2 Å². The van der Waals surface area contributed by atoms with Crippen molar-refractivity contribution in [2.45, 2.75) is 62.9 Å². The van der Waals surface area contributed by atoms with Gasteiger partial charge in [0.2, 0.25) is 0 Å². The highest BCUT2D eigenvalue weighted by Crippen LogP contribution is 2.34. The van der Waals surface area contributed by atoms with Gasteiger partial charge in [-0.2, -0.15) is 0 Å². The summed E-state index contributed by atoms with van der Waals surface area (Å²) in [5.74, 6) is -0.750. The molecule has 0 aliphatic heterocycles. The molecule has 2 unspecified atom stereocenters. The summed E-state index contributed by atoms with van der Waals surface area (Å²) < 4.78 is 0. The maximum atomic E-state index is 11.1. The number of likely N-dealkylation sites (N-methyl/N-ethyl adjacent to an activating group) is 1. The fourth-order valence-corrected chi connectivity index (χ4v) is 3.75. The molecule has 0 radical (unpaired) electrons. The lowest BCUT2D eigenvalue weighted by Gasteiger charge is -2.39. The van der Waals surface area contributed by atoms with E-state index in [9.17, 15) is 4.79 Å². The number of rotatable bonds is 5. The second-order valence-corrected chi connectivity index (χ2v) is 6.61. The van der Waals surface area contributed by atoms with Gasteiger partial charge in [0, 0.05) is 18.1 Å². The van der Waals surface area contributed by atoms with Crippen LogP contribution in [0.4, 0.5) is 0 Å². The molecule has 0 bridgehead atoms. The molecule has 0 amide bonds. The molecule has 2 N–H and O–H groups in total. The SMILES string of the molecule is CN(C)C1(CNC2CCCC(C(=O)O)C2)CCCC1. The van der Waals surface area contributed by atoms with Gasteiger partial charge in [-0.05, 0) is 46.2 Å². The first kappa shape index (κ1) is 14.8. The molecular formula is C15H28N2O2. The maximum Gasteiger partial charge on any atom is 0.306 e. The third-order valence-electron chi connectivity index (χ3n) is 5.23. The third-order valence-corrected chi connectivity index (χ3v) is 5.23. The van der Waals surface area contributed by atoms with Crippen molar-refractivity contribution in [1.29, 1.82) is 0 Å². The molecule has 0 saturated heterocycles. The summed E-state index contributed by atoms with van der Waals surface area (Å²) in [4.78, 5) is 13.5. The molecule has 19 heavy (non-hydrogen) atoms. The number of nitrogens with zero attached hydrogens (tertiary/aromatic N) is 1. The number of nitrogens with one attached hydrogen (secondary N) is 1. The number of carboxylic acids is 1. The van der Waals surface area contributed by atoms with Crippen molar-refractivity contribution in [3.05, 3.63) is 0 Å². The fraction of sp³-hybridized carbons (Fsp3) is 0.933. The second-order valence-electron chi connectivity index (χ2n) is 6.61. The zero-order chi connectivity index (χ0) is 13.9. The van der Waals surface area contributed by atoms with Crippen LogP contribution in [-0.2, 0) is 4.79 Å². The Morgan fingerprint density at radius 3 is 2.53 bits per heavy atom. The van der Waals surface area contributed by atoms with Crippen LogP contribution in [0.1, 0.15) is 51.4 Å². The summed E-state index contributed by atoms with van der Waals surface area (Å²) >= 11 is 0. The van der Waals surface area contributed by atoms with Crippen LogP contribution in [-0.4, -0.2) is 48.2 Å². The van der Waals surface area contributed by atoms with E-state index in [-0.39, 0.29) is 5.92 Å². The first-order valence-electron chi connectivity index (χ1n) is 7.67. The molecule has 2 aliphatic rings. The number of hydrogen-bond acceptors (Lipinski definition) is 3. The summed E-state index contributed by atoms with van der Waals surface area (Å²) in [7, 11) is 4.35. The fourth-order valence-electron chi connectivity index (χ4n) is 3.75. The first-order chi connectivity index (χ1) is 9.03. The van der Waals surface area contributed by atoms with Gasteiger partial charge in [0.15, 0.2) is 0 Å². The smallest absolute Gasteiger partial charge is 0.306 e. The molecule has 0 aromatic heterocycles. The van der Waals surface area contributed by atoms with Crippen molar-refractivity contribution in [2.75, 3.05) is 20.6 Å². The van der Waals surface area contributed by atoms with Crippen LogP contribution in [0, 0.1) is 5.92 Å². The molecule has 0 spiro atoms. The Bertz CT molecular complexity index is 311. The Hall–Kier alpha value is -0.610. The normalized spacial score (nSPS) is 30.7. The van der Waals surface area contributed by atoms with Crippen LogP contribution in [0.2, 0.25) is 0 Å². The Morgan fingerprint density at radius 2 is 1.95 bits per heavy atom. The van der Waals surface area contributed by atoms with Gasteiger partial charge < -0.3 is 15.3 Å². The van der Waals surface area contributed by atoms with Crippen LogP contribution >= 0.6 is 0 Å². The van der Waals surface area contributed by atoms with E-state index >= 15 is 0 Å². The van der Waals surface area contributed by atoms with Crippen molar-refractivity contribution >= 4 is 5.97 Å². The first-order valence-corrected chi connectivity index (χ1v) is 7.67. The molecule has 0 aromatic rings. The van der Waals surface area contributed by atoms with E-state index in [1.807, 2.05) is 0 Å². The molecule has 4 nitrogen and oxygen atoms in total. The zero-order valence-corrected chi connectivity index (χ0v) is 12.3. The van der Waals surface area contributed by atoms with Gasteiger partial charge in [0.25, 0.3) is 0 Å². The number of hydrogen-bond donors (Lipinski definition) is 2. The van der Waals surface area contributed by atoms with Crippen molar-refractivity contribution < 1.29 is 9.90 Å². The average molecular weight is 268 g/mol. The van der Waals surface area contributed by atoms with Crippen LogP contribution < -0.4 is 5.32 Å². The highest BCUT2D eigenvalue weighted by molar-refractivity contribution is 5.70. The minimum atomic E-state index is -0.616. The molecule has 2 atom stereocenters. The Balaban J connectivity index is 1.85. The largest absolute Gasteiger partial charge is 0.481 e. The van der Waals surface area contributed by atoms with Crippen LogP contribution in [0.25, 0.3) is 0 Å². The lowest BCUT2D eigenvalue weighted by atomic mass is 9.85. The lowest BCUT2D eigenvalue weighted by molar-refractivity contribution is -0.143. The zero-order valence-electron chi connectivity index (χ0n) is 12.3. The van der Waals surface area contributed by atoms with E-state index in [2.05, 4.69) is 24.3 Å². The van der Waals surface area contributed by atoms with Gasteiger partial charge in [-0.1, -0.05) is 19.3 Å².